The molecule has 1 atom stereocenters. The SMILES string of the molecule is FC(C(F)(F)F)C(F)(F)OCCCC(F)(F)F. The lowest BCUT2D eigenvalue weighted by Crippen LogP contribution is -2.43. The average Bonchev–Trinajstić information content (AvgIpc) is 2.08. The Balaban J connectivity index is 4.11. The predicted octanol–water partition coefficient (Wildman–Crippen LogP) is 3.84. The van der Waals surface area contributed by atoms with Gasteiger partial charge in [0, 0.05) is 6.42 Å². The third-order valence-electron chi connectivity index (χ3n) is 1.48. The van der Waals surface area contributed by atoms with Crippen LogP contribution in [-0.2, 0) is 4.74 Å². The molecule has 1 nitrogen and oxygen atoms in total. The minimum atomic E-state index is -5.84. The summed E-state index contributed by atoms with van der Waals surface area (Å²) < 4.78 is 109. The van der Waals surface area contributed by atoms with E-state index in [9.17, 15) is 39.5 Å². The molecule has 0 spiro atoms. The zero-order valence-corrected chi connectivity index (χ0v) is 8.01. The van der Waals surface area contributed by atoms with Crippen molar-refractivity contribution in [2.75, 3.05) is 6.61 Å². The summed E-state index contributed by atoms with van der Waals surface area (Å²) in [7, 11) is 0. The lowest BCUT2D eigenvalue weighted by Gasteiger charge is -2.22. The smallest absolute Gasteiger partial charge is 0.318 e. The Kier molecular flexibility index (Phi) is 5.11. The fourth-order valence-corrected chi connectivity index (χ4v) is 0.745. The van der Waals surface area contributed by atoms with E-state index in [0.717, 1.165) is 0 Å². The molecule has 0 aromatic carbocycles. The second kappa shape index (κ2) is 5.32. The minimum absolute atomic E-state index is 0.982. The molecule has 0 fully saturated rings. The molecule has 0 aliphatic rings. The van der Waals surface area contributed by atoms with E-state index in [-0.39, 0.29) is 0 Å². The van der Waals surface area contributed by atoms with Crippen LogP contribution >= 0.6 is 0 Å². The van der Waals surface area contributed by atoms with Crippen LogP contribution < -0.4 is 0 Å². The van der Waals surface area contributed by atoms with Gasteiger partial charge < -0.3 is 4.74 Å². The Bertz CT molecular complexity index is 230. The number of alkyl halides is 9. The first kappa shape index (κ1) is 16.3. The van der Waals surface area contributed by atoms with E-state index in [2.05, 4.69) is 4.74 Å². The highest BCUT2D eigenvalue weighted by Crippen LogP contribution is 2.35. The molecule has 10 heteroatoms. The maximum atomic E-state index is 12.3. The summed E-state index contributed by atoms with van der Waals surface area (Å²) in [4.78, 5) is 0. The van der Waals surface area contributed by atoms with Crippen molar-refractivity contribution in [3.63, 3.8) is 0 Å². The van der Waals surface area contributed by atoms with Gasteiger partial charge in [-0.1, -0.05) is 0 Å². The molecule has 104 valence electrons. The van der Waals surface area contributed by atoms with E-state index < -0.39 is 44.1 Å². The summed E-state index contributed by atoms with van der Waals surface area (Å²) >= 11 is 0. The van der Waals surface area contributed by atoms with Crippen LogP contribution in [0.3, 0.4) is 0 Å². The van der Waals surface area contributed by atoms with Crippen LogP contribution in [0.15, 0.2) is 0 Å². The van der Waals surface area contributed by atoms with E-state index in [0.29, 0.717) is 0 Å². The molecule has 0 saturated carbocycles. The van der Waals surface area contributed by atoms with E-state index in [1.54, 1.807) is 0 Å². The van der Waals surface area contributed by atoms with Crippen LogP contribution in [0.2, 0.25) is 0 Å². The highest BCUT2D eigenvalue weighted by atomic mass is 19.4. The van der Waals surface area contributed by atoms with Crippen LogP contribution in [-0.4, -0.2) is 31.2 Å². The molecule has 17 heavy (non-hydrogen) atoms. The molecule has 0 N–H and O–H groups in total. The second-order valence-corrected chi connectivity index (χ2v) is 3.03. The lowest BCUT2D eigenvalue weighted by molar-refractivity contribution is -0.336. The van der Waals surface area contributed by atoms with Crippen LogP contribution in [0.5, 0.6) is 0 Å². The molecule has 0 aliphatic heterocycles. The largest absolute Gasteiger partial charge is 0.428 e. The third-order valence-corrected chi connectivity index (χ3v) is 1.48. The molecule has 0 radical (unpaired) electrons. The van der Waals surface area contributed by atoms with Gasteiger partial charge in [-0.3, -0.25) is 0 Å². The summed E-state index contributed by atoms with van der Waals surface area (Å²) in [5, 5.41) is 0. The van der Waals surface area contributed by atoms with Gasteiger partial charge >= 0.3 is 18.5 Å². The lowest BCUT2D eigenvalue weighted by atomic mass is 10.3. The number of rotatable bonds is 5. The van der Waals surface area contributed by atoms with Crippen molar-refractivity contribution in [2.45, 2.75) is 37.5 Å². The van der Waals surface area contributed by atoms with Gasteiger partial charge in [-0.2, -0.15) is 35.1 Å². The van der Waals surface area contributed by atoms with Gasteiger partial charge in [-0.05, 0) is 6.42 Å². The van der Waals surface area contributed by atoms with Crippen molar-refractivity contribution in [2.24, 2.45) is 0 Å². The fourth-order valence-electron chi connectivity index (χ4n) is 0.745. The summed E-state index contributed by atoms with van der Waals surface area (Å²) in [5.41, 5.74) is 0. The van der Waals surface area contributed by atoms with Gasteiger partial charge in [-0.15, -0.1) is 0 Å². The Morgan fingerprint density at radius 3 is 1.71 bits per heavy atom. The molecular formula is C7H7F9O. The van der Waals surface area contributed by atoms with Gasteiger partial charge in [0.2, 0.25) is 0 Å². The molecule has 0 saturated heterocycles. The highest BCUT2D eigenvalue weighted by Gasteiger charge is 2.58. The van der Waals surface area contributed by atoms with Crippen LogP contribution in [0, 0.1) is 0 Å². The monoisotopic (exact) mass is 278 g/mol. The van der Waals surface area contributed by atoms with Gasteiger partial charge in [0.15, 0.2) is 0 Å². The van der Waals surface area contributed by atoms with Gasteiger partial charge in [-0.25, -0.2) is 4.39 Å². The number of hydrogen-bond donors (Lipinski definition) is 0. The molecule has 0 rings (SSSR count). The Labute approximate surface area is 89.5 Å². The number of ether oxygens (including phenoxy) is 1. The highest BCUT2D eigenvalue weighted by molar-refractivity contribution is 4.75. The Hall–Kier alpha value is -0.670. The van der Waals surface area contributed by atoms with Crippen molar-refractivity contribution in [3.05, 3.63) is 0 Å². The third kappa shape index (κ3) is 6.59. The summed E-state index contributed by atoms with van der Waals surface area (Å²) in [6, 6.07) is 0. The van der Waals surface area contributed by atoms with Crippen LogP contribution in [0.4, 0.5) is 39.5 Å². The van der Waals surface area contributed by atoms with Crippen LogP contribution in [0.25, 0.3) is 0 Å². The summed E-state index contributed by atoms with van der Waals surface area (Å²) in [6.07, 6.45) is -22.7. The first-order valence-electron chi connectivity index (χ1n) is 4.15. The minimum Gasteiger partial charge on any atom is -0.318 e. The van der Waals surface area contributed by atoms with Crippen molar-refractivity contribution in [1.29, 1.82) is 0 Å². The molecule has 0 aromatic heterocycles. The first-order valence-corrected chi connectivity index (χ1v) is 4.15. The van der Waals surface area contributed by atoms with Crippen molar-refractivity contribution in [3.8, 4) is 0 Å². The standard InChI is InChI=1S/C7H7F9O/c8-4(6(12,13)14)7(15,16)17-3-1-2-5(9,10)11/h4H,1-3H2. The fraction of sp³-hybridized carbons (Fsp3) is 1.00. The maximum Gasteiger partial charge on any atom is 0.428 e. The van der Waals surface area contributed by atoms with Gasteiger partial charge in [0.1, 0.15) is 0 Å². The number of halogens is 9. The van der Waals surface area contributed by atoms with E-state index in [1.165, 1.54) is 0 Å². The molecule has 0 bridgehead atoms. The first-order chi connectivity index (χ1) is 7.36. The van der Waals surface area contributed by atoms with Crippen molar-refractivity contribution in [1.82, 2.24) is 0 Å². The second-order valence-electron chi connectivity index (χ2n) is 3.03. The predicted molar refractivity (Wildman–Crippen MR) is 37.1 cm³/mol. The average molecular weight is 278 g/mol. The summed E-state index contributed by atoms with van der Waals surface area (Å²) in [6.45, 7) is -1.33. The molecule has 0 amide bonds. The van der Waals surface area contributed by atoms with Crippen molar-refractivity contribution < 1.29 is 44.3 Å². The normalized spacial score (nSPS) is 16.1. The zero-order valence-electron chi connectivity index (χ0n) is 8.01. The van der Waals surface area contributed by atoms with E-state index in [4.69, 9.17) is 0 Å². The Morgan fingerprint density at radius 2 is 1.35 bits per heavy atom. The molecule has 0 aliphatic carbocycles. The van der Waals surface area contributed by atoms with Gasteiger partial charge in [0.25, 0.3) is 6.17 Å². The van der Waals surface area contributed by atoms with Gasteiger partial charge in [0.05, 0.1) is 6.61 Å². The van der Waals surface area contributed by atoms with Crippen LogP contribution in [0.1, 0.15) is 12.8 Å². The van der Waals surface area contributed by atoms with E-state index >= 15 is 0 Å². The zero-order chi connectivity index (χ0) is 13.9. The molecular weight excluding hydrogens is 271 g/mol. The summed E-state index contributed by atoms with van der Waals surface area (Å²) in [5.74, 6) is 0. The number of hydrogen-bond acceptors (Lipinski definition) is 1. The topological polar surface area (TPSA) is 9.23 Å². The maximum absolute atomic E-state index is 12.3. The molecule has 0 aromatic rings. The molecule has 1 unspecified atom stereocenters. The Morgan fingerprint density at radius 1 is 0.882 bits per heavy atom. The van der Waals surface area contributed by atoms with E-state index in [1.807, 2.05) is 0 Å². The quantitative estimate of drug-likeness (QED) is 0.548. The van der Waals surface area contributed by atoms with Crippen molar-refractivity contribution >= 4 is 0 Å². The molecule has 0 heterocycles.